The minimum atomic E-state index is 0.742. The van der Waals surface area contributed by atoms with E-state index in [4.69, 9.17) is 4.74 Å². The molecule has 0 saturated heterocycles. The SMILES string of the molecule is CCCc1ccc(CC(C)CCC)c(OCC)c1. The van der Waals surface area contributed by atoms with E-state index in [1.807, 2.05) is 0 Å². The van der Waals surface area contributed by atoms with Gasteiger partial charge in [0.1, 0.15) is 5.75 Å². The summed E-state index contributed by atoms with van der Waals surface area (Å²) in [6, 6.07) is 6.77. The highest BCUT2D eigenvalue weighted by Crippen LogP contribution is 2.25. The first-order chi connectivity index (χ1) is 8.71. The molecule has 0 fully saturated rings. The summed E-state index contributed by atoms with van der Waals surface area (Å²) in [7, 11) is 0. The van der Waals surface area contributed by atoms with Crippen molar-refractivity contribution in [1.29, 1.82) is 0 Å². The molecule has 0 amide bonds. The Kier molecular flexibility index (Phi) is 6.85. The van der Waals surface area contributed by atoms with Crippen LogP contribution in [-0.2, 0) is 12.8 Å². The summed E-state index contributed by atoms with van der Waals surface area (Å²) in [5, 5.41) is 0. The van der Waals surface area contributed by atoms with Crippen molar-refractivity contribution in [3.8, 4) is 5.75 Å². The Labute approximate surface area is 113 Å². The lowest BCUT2D eigenvalue weighted by atomic mass is 9.95. The molecule has 1 atom stereocenters. The van der Waals surface area contributed by atoms with Gasteiger partial charge in [-0.2, -0.15) is 0 Å². The molecule has 0 aliphatic rings. The van der Waals surface area contributed by atoms with Crippen LogP contribution in [0.3, 0.4) is 0 Å². The molecule has 0 heterocycles. The molecule has 1 unspecified atom stereocenters. The molecule has 0 aliphatic heterocycles. The van der Waals surface area contributed by atoms with Gasteiger partial charge in [0.2, 0.25) is 0 Å². The fraction of sp³-hybridized carbons (Fsp3) is 0.647. The predicted octanol–water partition coefficient (Wildman–Crippen LogP) is 5.02. The van der Waals surface area contributed by atoms with Crippen molar-refractivity contribution in [2.45, 2.75) is 59.8 Å². The predicted molar refractivity (Wildman–Crippen MR) is 79.4 cm³/mol. The lowest BCUT2D eigenvalue weighted by Gasteiger charge is -2.15. The fourth-order valence-electron chi connectivity index (χ4n) is 2.47. The third-order valence-corrected chi connectivity index (χ3v) is 3.32. The standard InChI is InChI=1S/C17H28O/c1-5-8-14(4)12-16-11-10-15(9-6-2)13-17(16)18-7-3/h10-11,13-14H,5-9,12H2,1-4H3. The van der Waals surface area contributed by atoms with Crippen molar-refractivity contribution in [2.75, 3.05) is 6.61 Å². The second kappa shape index (κ2) is 8.18. The molecule has 0 aliphatic carbocycles. The summed E-state index contributed by atoms with van der Waals surface area (Å²) in [5.41, 5.74) is 2.77. The van der Waals surface area contributed by atoms with Crippen LogP contribution in [0.25, 0.3) is 0 Å². The molecule has 0 saturated carbocycles. The minimum absolute atomic E-state index is 0.742. The minimum Gasteiger partial charge on any atom is -0.494 e. The molecular formula is C17H28O. The zero-order valence-corrected chi connectivity index (χ0v) is 12.5. The van der Waals surface area contributed by atoms with Crippen LogP contribution < -0.4 is 4.74 Å². The fourth-order valence-corrected chi connectivity index (χ4v) is 2.47. The Hall–Kier alpha value is -0.980. The van der Waals surface area contributed by atoms with Gasteiger partial charge in [-0.25, -0.2) is 0 Å². The van der Waals surface area contributed by atoms with E-state index >= 15 is 0 Å². The van der Waals surface area contributed by atoms with Gasteiger partial charge in [0.25, 0.3) is 0 Å². The van der Waals surface area contributed by atoms with Gasteiger partial charge in [-0.1, -0.05) is 52.2 Å². The summed E-state index contributed by atoms with van der Waals surface area (Å²) in [6.45, 7) is 9.62. The molecule has 1 heteroatoms. The van der Waals surface area contributed by atoms with Crippen molar-refractivity contribution in [1.82, 2.24) is 0 Å². The highest BCUT2D eigenvalue weighted by molar-refractivity contribution is 5.38. The van der Waals surface area contributed by atoms with E-state index in [9.17, 15) is 0 Å². The van der Waals surface area contributed by atoms with E-state index in [0.717, 1.165) is 31.1 Å². The second-order valence-corrected chi connectivity index (χ2v) is 5.22. The van der Waals surface area contributed by atoms with Gasteiger partial charge < -0.3 is 4.74 Å². The molecule has 0 radical (unpaired) electrons. The van der Waals surface area contributed by atoms with Crippen LogP contribution in [0.4, 0.5) is 0 Å². The van der Waals surface area contributed by atoms with Gasteiger partial charge in [-0.3, -0.25) is 0 Å². The van der Waals surface area contributed by atoms with Crippen molar-refractivity contribution < 1.29 is 4.74 Å². The van der Waals surface area contributed by atoms with E-state index in [1.54, 1.807) is 0 Å². The number of hydrogen-bond donors (Lipinski definition) is 0. The van der Waals surface area contributed by atoms with Gasteiger partial charge in [0.05, 0.1) is 6.61 Å². The normalized spacial score (nSPS) is 12.4. The number of ether oxygens (including phenoxy) is 1. The number of aryl methyl sites for hydroxylation is 1. The van der Waals surface area contributed by atoms with Crippen LogP contribution in [0.15, 0.2) is 18.2 Å². The van der Waals surface area contributed by atoms with Gasteiger partial charge in [0, 0.05) is 0 Å². The molecule has 0 bridgehead atoms. The molecule has 18 heavy (non-hydrogen) atoms. The van der Waals surface area contributed by atoms with Crippen molar-refractivity contribution >= 4 is 0 Å². The van der Waals surface area contributed by atoms with E-state index in [2.05, 4.69) is 45.9 Å². The summed E-state index contributed by atoms with van der Waals surface area (Å²) in [6.07, 6.45) is 6.03. The Morgan fingerprint density at radius 2 is 1.89 bits per heavy atom. The average molecular weight is 248 g/mol. The van der Waals surface area contributed by atoms with Gasteiger partial charge >= 0.3 is 0 Å². The molecule has 0 aromatic heterocycles. The second-order valence-electron chi connectivity index (χ2n) is 5.22. The lowest BCUT2D eigenvalue weighted by molar-refractivity contribution is 0.333. The molecule has 1 rings (SSSR count). The smallest absolute Gasteiger partial charge is 0.122 e. The first-order valence-corrected chi connectivity index (χ1v) is 7.45. The Bertz CT molecular complexity index is 343. The van der Waals surface area contributed by atoms with Crippen molar-refractivity contribution in [3.63, 3.8) is 0 Å². The Balaban J connectivity index is 2.81. The van der Waals surface area contributed by atoms with Crippen LogP contribution in [0.1, 0.15) is 58.1 Å². The summed E-state index contributed by atoms with van der Waals surface area (Å²) in [5.74, 6) is 1.85. The van der Waals surface area contributed by atoms with E-state index in [0.29, 0.717) is 0 Å². The van der Waals surface area contributed by atoms with Crippen LogP contribution in [0.5, 0.6) is 5.75 Å². The Morgan fingerprint density at radius 1 is 1.11 bits per heavy atom. The maximum atomic E-state index is 5.80. The molecule has 0 spiro atoms. The zero-order chi connectivity index (χ0) is 13.4. The first-order valence-electron chi connectivity index (χ1n) is 7.45. The number of rotatable bonds is 8. The summed E-state index contributed by atoms with van der Waals surface area (Å²) < 4.78 is 5.80. The molecule has 102 valence electrons. The molecule has 1 aromatic rings. The molecule has 1 aromatic carbocycles. The van der Waals surface area contributed by atoms with Crippen molar-refractivity contribution in [2.24, 2.45) is 5.92 Å². The summed E-state index contributed by atoms with van der Waals surface area (Å²) >= 11 is 0. The quantitative estimate of drug-likeness (QED) is 0.628. The monoisotopic (exact) mass is 248 g/mol. The molecular weight excluding hydrogens is 220 g/mol. The van der Waals surface area contributed by atoms with E-state index in [-0.39, 0.29) is 0 Å². The maximum Gasteiger partial charge on any atom is 0.122 e. The highest BCUT2D eigenvalue weighted by Gasteiger charge is 2.09. The van der Waals surface area contributed by atoms with Crippen LogP contribution in [0.2, 0.25) is 0 Å². The number of benzene rings is 1. The zero-order valence-electron chi connectivity index (χ0n) is 12.5. The van der Waals surface area contributed by atoms with Crippen LogP contribution >= 0.6 is 0 Å². The Morgan fingerprint density at radius 3 is 2.50 bits per heavy atom. The third kappa shape index (κ3) is 4.72. The molecule has 0 N–H and O–H groups in total. The van der Waals surface area contributed by atoms with Gasteiger partial charge in [0.15, 0.2) is 0 Å². The number of hydrogen-bond acceptors (Lipinski definition) is 1. The largest absolute Gasteiger partial charge is 0.494 e. The average Bonchev–Trinajstić information content (AvgIpc) is 2.33. The van der Waals surface area contributed by atoms with Crippen LogP contribution in [-0.4, -0.2) is 6.61 Å². The lowest BCUT2D eigenvalue weighted by Crippen LogP contribution is -2.03. The topological polar surface area (TPSA) is 9.23 Å². The van der Waals surface area contributed by atoms with Crippen LogP contribution in [0, 0.1) is 5.92 Å². The first kappa shape index (κ1) is 15.1. The van der Waals surface area contributed by atoms with E-state index < -0.39 is 0 Å². The van der Waals surface area contributed by atoms with Gasteiger partial charge in [-0.15, -0.1) is 0 Å². The van der Waals surface area contributed by atoms with Gasteiger partial charge in [-0.05, 0) is 42.9 Å². The maximum absolute atomic E-state index is 5.80. The third-order valence-electron chi connectivity index (χ3n) is 3.32. The van der Waals surface area contributed by atoms with Crippen molar-refractivity contribution in [3.05, 3.63) is 29.3 Å². The highest BCUT2D eigenvalue weighted by atomic mass is 16.5. The molecule has 1 nitrogen and oxygen atoms in total. The van der Waals surface area contributed by atoms with E-state index in [1.165, 1.54) is 30.4 Å². The summed E-state index contributed by atoms with van der Waals surface area (Å²) in [4.78, 5) is 0.